The van der Waals surface area contributed by atoms with Crippen LogP contribution in [0.25, 0.3) is 0 Å². The largest absolute Gasteiger partial charge is 0.0843 e. The summed E-state index contributed by atoms with van der Waals surface area (Å²) in [7, 11) is 0. The third-order valence-corrected chi connectivity index (χ3v) is 2.00. The second-order valence-corrected chi connectivity index (χ2v) is 3.05. The maximum atomic E-state index is 5.73. The standard InChI is InChI=1S/C9H8Cl/c10-9-5-3-8(4-6-9)7-1-2-7/h3-6H,1-2H2. The highest BCUT2D eigenvalue weighted by Gasteiger charge is 2.23. The molecule has 0 nitrogen and oxygen atoms in total. The molecule has 0 unspecified atom stereocenters. The van der Waals surface area contributed by atoms with Crippen molar-refractivity contribution in [1.29, 1.82) is 0 Å². The van der Waals surface area contributed by atoms with Gasteiger partial charge >= 0.3 is 0 Å². The highest BCUT2D eigenvalue weighted by molar-refractivity contribution is 6.30. The van der Waals surface area contributed by atoms with Crippen molar-refractivity contribution >= 4 is 11.6 Å². The van der Waals surface area contributed by atoms with Gasteiger partial charge in [0.2, 0.25) is 0 Å². The van der Waals surface area contributed by atoms with E-state index in [1.807, 2.05) is 12.1 Å². The van der Waals surface area contributed by atoms with Crippen molar-refractivity contribution in [3.8, 4) is 0 Å². The van der Waals surface area contributed by atoms with Crippen LogP contribution in [0.4, 0.5) is 0 Å². The van der Waals surface area contributed by atoms with E-state index in [0.717, 1.165) is 5.02 Å². The van der Waals surface area contributed by atoms with Gasteiger partial charge < -0.3 is 0 Å². The molecule has 1 aliphatic carbocycles. The van der Waals surface area contributed by atoms with Gasteiger partial charge in [0.25, 0.3) is 0 Å². The molecular weight excluding hydrogens is 144 g/mol. The van der Waals surface area contributed by atoms with E-state index in [9.17, 15) is 0 Å². The minimum atomic E-state index is 0.824. The van der Waals surface area contributed by atoms with Crippen LogP contribution in [-0.4, -0.2) is 0 Å². The summed E-state index contributed by atoms with van der Waals surface area (Å²) in [4.78, 5) is 0. The summed E-state index contributed by atoms with van der Waals surface area (Å²) in [5.74, 6) is 1.57. The fourth-order valence-electron chi connectivity index (χ4n) is 1.04. The van der Waals surface area contributed by atoms with Gasteiger partial charge in [-0.2, -0.15) is 0 Å². The molecule has 0 aliphatic heterocycles. The molecule has 1 radical (unpaired) electrons. The first-order valence-corrected chi connectivity index (χ1v) is 3.85. The van der Waals surface area contributed by atoms with Crippen molar-refractivity contribution in [1.82, 2.24) is 0 Å². The Kier molecular flexibility index (Phi) is 1.42. The van der Waals surface area contributed by atoms with Crippen LogP contribution in [0, 0.1) is 5.92 Å². The zero-order valence-corrected chi connectivity index (χ0v) is 6.36. The zero-order chi connectivity index (χ0) is 6.97. The summed E-state index contributed by atoms with van der Waals surface area (Å²) in [6, 6.07) is 8.07. The van der Waals surface area contributed by atoms with Gasteiger partial charge in [-0.05, 0) is 30.5 Å². The average Bonchev–Trinajstić information content (AvgIpc) is 2.71. The summed E-state index contributed by atoms with van der Waals surface area (Å²) in [6.45, 7) is 0. The van der Waals surface area contributed by atoms with Crippen molar-refractivity contribution in [2.24, 2.45) is 0 Å². The van der Waals surface area contributed by atoms with Gasteiger partial charge in [-0.1, -0.05) is 23.7 Å². The predicted molar refractivity (Wildman–Crippen MR) is 43.0 cm³/mol. The highest BCUT2D eigenvalue weighted by Crippen LogP contribution is 2.38. The molecule has 0 saturated heterocycles. The number of rotatable bonds is 1. The molecule has 2 rings (SSSR count). The fourth-order valence-corrected chi connectivity index (χ4v) is 1.16. The van der Waals surface area contributed by atoms with Gasteiger partial charge in [-0.15, -0.1) is 0 Å². The molecule has 0 amide bonds. The van der Waals surface area contributed by atoms with E-state index < -0.39 is 0 Å². The molecule has 51 valence electrons. The maximum absolute atomic E-state index is 5.73. The Labute approximate surface area is 65.8 Å². The lowest BCUT2D eigenvalue weighted by Gasteiger charge is -1.94. The molecule has 0 N–H and O–H groups in total. The van der Waals surface area contributed by atoms with Crippen LogP contribution in [0.3, 0.4) is 0 Å². The molecule has 1 aromatic rings. The van der Waals surface area contributed by atoms with Gasteiger partial charge in [0.1, 0.15) is 0 Å². The Balaban J connectivity index is 2.28. The van der Waals surface area contributed by atoms with E-state index >= 15 is 0 Å². The summed E-state index contributed by atoms with van der Waals surface area (Å²) < 4.78 is 0. The average molecular weight is 152 g/mol. The molecule has 1 saturated carbocycles. The Morgan fingerprint density at radius 2 is 1.60 bits per heavy atom. The molecule has 0 aromatic heterocycles. The molecule has 1 aromatic carbocycles. The van der Waals surface area contributed by atoms with Gasteiger partial charge in [0.15, 0.2) is 0 Å². The molecule has 10 heavy (non-hydrogen) atoms. The molecule has 1 heteroatoms. The molecule has 0 spiro atoms. The fraction of sp³-hybridized carbons (Fsp3) is 0.222. The van der Waals surface area contributed by atoms with Gasteiger partial charge in [-0.25, -0.2) is 0 Å². The molecule has 1 aliphatic rings. The highest BCUT2D eigenvalue weighted by atomic mass is 35.5. The van der Waals surface area contributed by atoms with E-state index in [0.29, 0.717) is 0 Å². The lowest BCUT2D eigenvalue weighted by atomic mass is 10.1. The maximum Gasteiger partial charge on any atom is 0.0406 e. The van der Waals surface area contributed by atoms with Gasteiger partial charge in [0, 0.05) is 10.9 Å². The molecule has 1 fully saturated rings. The Morgan fingerprint density at radius 3 is 2.10 bits per heavy atom. The first-order chi connectivity index (χ1) is 4.86. The SMILES string of the molecule is Clc1ccc([C]2CC2)cc1. The Hall–Kier alpha value is -0.490. The third-order valence-electron chi connectivity index (χ3n) is 1.75. The van der Waals surface area contributed by atoms with E-state index in [-0.39, 0.29) is 0 Å². The predicted octanol–water partition coefficient (Wildman–Crippen LogP) is 3.06. The van der Waals surface area contributed by atoms with Crippen molar-refractivity contribution in [3.63, 3.8) is 0 Å². The van der Waals surface area contributed by atoms with Crippen LogP contribution in [0.15, 0.2) is 24.3 Å². The smallest absolute Gasteiger partial charge is 0.0406 e. The van der Waals surface area contributed by atoms with Crippen molar-refractivity contribution in [2.45, 2.75) is 12.8 Å². The van der Waals surface area contributed by atoms with Crippen LogP contribution in [0.2, 0.25) is 5.02 Å². The van der Waals surface area contributed by atoms with Gasteiger partial charge in [0.05, 0.1) is 0 Å². The number of benzene rings is 1. The van der Waals surface area contributed by atoms with Gasteiger partial charge in [-0.3, -0.25) is 0 Å². The van der Waals surface area contributed by atoms with Crippen molar-refractivity contribution in [2.75, 3.05) is 0 Å². The summed E-state index contributed by atoms with van der Waals surface area (Å²) in [5, 5.41) is 0.824. The number of hydrogen-bond acceptors (Lipinski definition) is 0. The lowest BCUT2D eigenvalue weighted by molar-refractivity contribution is 1.41. The first kappa shape index (κ1) is 6.23. The minimum absolute atomic E-state index is 0.824. The second-order valence-electron chi connectivity index (χ2n) is 2.61. The minimum Gasteiger partial charge on any atom is -0.0843 e. The second kappa shape index (κ2) is 2.28. The van der Waals surface area contributed by atoms with E-state index in [1.165, 1.54) is 18.4 Å². The van der Waals surface area contributed by atoms with E-state index in [2.05, 4.69) is 12.1 Å². The molecule has 0 atom stereocenters. The van der Waals surface area contributed by atoms with E-state index in [1.54, 1.807) is 5.92 Å². The molecule has 0 heterocycles. The van der Waals surface area contributed by atoms with Crippen molar-refractivity contribution < 1.29 is 0 Å². The normalized spacial score (nSPS) is 17.3. The Morgan fingerprint density at radius 1 is 1.00 bits per heavy atom. The first-order valence-electron chi connectivity index (χ1n) is 3.47. The topological polar surface area (TPSA) is 0 Å². The molecular formula is C9H8Cl. The lowest BCUT2D eigenvalue weighted by Crippen LogP contribution is -1.76. The van der Waals surface area contributed by atoms with Crippen molar-refractivity contribution in [3.05, 3.63) is 40.8 Å². The van der Waals surface area contributed by atoms with Crippen LogP contribution < -0.4 is 0 Å². The monoisotopic (exact) mass is 151 g/mol. The molecule has 0 bridgehead atoms. The number of hydrogen-bond donors (Lipinski definition) is 0. The van der Waals surface area contributed by atoms with Crippen LogP contribution in [0.5, 0.6) is 0 Å². The van der Waals surface area contributed by atoms with Crippen LogP contribution >= 0.6 is 11.6 Å². The van der Waals surface area contributed by atoms with Crippen LogP contribution in [-0.2, 0) is 0 Å². The Bertz CT molecular complexity index is 221. The third kappa shape index (κ3) is 1.17. The quantitative estimate of drug-likeness (QED) is 0.579. The summed E-state index contributed by atoms with van der Waals surface area (Å²) in [6.07, 6.45) is 2.56. The number of halogens is 1. The zero-order valence-electron chi connectivity index (χ0n) is 5.60. The van der Waals surface area contributed by atoms with Crippen LogP contribution in [0.1, 0.15) is 18.4 Å². The van der Waals surface area contributed by atoms with E-state index in [4.69, 9.17) is 11.6 Å². The summed E-state index contributed by atoms with van der Waals surface area (Å²) in [5.41, 5.74) is 1.37. The summed E-state index contributed by atoms with van der Waals surface area (Å²) >= 11 is 5.73.